The summed E-state index contributed by atoms with van der Waals surface area (Å²) in [6.07, 6.45) is 2.82. The second kappa shape index (κ2) is 13.2. The molecule has 0 aromatic heterocycles. The largest absolute Gasteiger partial charge is 0.444 e. The number of likely N-dealkylation sites (tertiary alicyclic amines) is 1. The van der Waals surface area contributed by atoms with Crippen LogP contribution in [0, 0.1) is 10.8 Å². The van der Waals surface area contributed by atoms with Gasteiger partial charge in [-0.25, -0.2) is 4.79 Å². The van der Waals surface area contributed by atoms with Crippen LogP contribution in [0.15, 0.2) is 12.7 Å². The smallest absolute Gasteiger partial charge is 0.408 e. The number of nitrogens with one attached hydrogen (secondary N) is 3. The molecule has 1 saturated heterocycles. The van der Waals surface area contributed by atoms with Crippen LogP contribution in [0.25, 0.3) is 0 Å². The van der Waals surface area contributed by atoms with Gasteiger partial charge in [-0.1, -0.05) is 60.5 Å². The van der Waals surface area contributed by atoms with Crippen molar-refractivity contribution in [3.8, 4) is 0 Å². The van der Waals surface area contributed by atoms with Crippen molar-refractivity contribution in [2.24, 2.45) is 10.8 Å². The van der Waals surface area contributed by atoms with Gasteiger partial charge in [0.05, 0.1) is 6.04 Å². The van der Waals surface area contributed by atoms with Crippen LogP contribution in [0.5, 0.6) is 0 Å². The van der Waals surface area contributed by atoms with E-state index in [4.69, 9.17) is 4.74 Å². The van der Waals surface area contributed by atoms with E-state index in [0.29, 0.717) is 25.8 Å². The first-order valence-electron chi connectivity index (χ1n) is 13.4. The van der Waals surface area contributed by atoms with Crippen molar-refractivity contribution in [2.75, 3.05) is 13.1 Å². The first-order valence-corrected chi connectivity index (χ1v) is 13.4. The fourth-order valence-electron chi connectivity index (χ4n) is 4.33. The molecule has 1 heterocycles. The maximum atomic E-state index is 13.8. The molecule has 1 aliphatic rings. The second-order valence-corrected chi connectivity index (χ2v) is 12.9. The van der Waals surface area contributed by atoms with Gasteiger partial charge >= 0.3 is 6.09 Å². The SMILES string of the molecule is C=CCNC(=O)C(=O)C(CCCC)NC(=O)[C@@H]1CC(C)(C)CN1C(=O)[C@@H](NC(=O)OC(C)(C)C)C(C)(C)C. The van der Waals surface area contributed by atoms with Crippen molar-refractivity contribution in [1.29, 1.82) is 0 Å². The standard InChI is InChI=1S/C28H48N4O6/c1-11-13-14-18(20(33)23(35)29-15-12-2)30-22(34)19-16-28(9,10)17-32(19)24(36)21(26(3,4)5)31-25(37)38-27(6,7)8/h12,18-19,21H,2,11,13-17H2,1,3-10H3,(H,29,35)(H,30,34)(H,31,37)/t18?,19-,21+/m0/s1. The number of amides is 4. The van der Waals surface area contributed by atoms with Crippen molar-refractivity contribution < 1.29 is 28.7 Å². The third-order valence-corrected chi connectivity index (χ3v) is 6.19. The average molecular weight is 537 g/mol. The van der Waals surface area contributed by atoms with Crippen LogP contribution in [-0.2, 0) is 23.9 Å². The molecule has 216 valence electrons. The molecular formula is C28H48N4O6. The van der Waals surface area contributed by atoms with E-state index in [1.54, 1.807) is 20.8 Å². The van der Waals surface area contributed by atoms with E-state index in [1.165, 1.54) is 11.0 Å². The predicted molar refractivity (Wildman–Crippen MR) is 146 cm³/mol. The number of carbonyl (C=O) groups excluding carboxylic acids is 5. The molecule has 0 aromatic rings. The molecular weight excluding hydrogens is 488 g/mol. The van der Waals surface area contributed by atoms with Gasteiger partial charge in [0.2, 0.25) is 17.6 Å². The van der Waals surface area contributed by atoms with Gasteiger partial charge in [0.1, 0.15) is 17.7 Å². The Balaban J connectivity index is 3.22. The molecule has 0 radical (unpaired) electrons. The number of hydrogen-bond donors (Lipinski definition) is 3. The molecule has 1 aliphatic heterocycles. The highest BCUT2D eigenvalue weighted by Crippen LogP contribution is 2.36. The summed E-state index contributed by atoms with van der Waals surface area (Å²) in [5.74, 6) is -2.43. The Labute approximate surface area is 227 Å². The fourth-order valence-corrected chi connectivity index (χ4v) is 4.33. The van der Waals surface area contributed by atoms with Crippen molar-refractivity contribution in [2.45, 2.75) is 112 Å². The van der Waals surface area contributed by atoms with Gasteiger partial charge in [0.15, 0.2) is 0 Å². The Bertz CT molecular complexity index is 900. The van der Waals surface area contributed by atoms with E-state index < -0.39 is 58.7 Å². The Morgan fingerprint density at radius 1 is 1.08 bits per heavy atom. The first kappa shape index (κ1) is 33.1. The van der Waals surface area contributed by atoms with Crippen LogP contribution in [0.3, 0.4) is 0 Å². The number of carbonyl (C=O) groups is 5. The lowest BCUT2D eigenvalue weighted by Crippen LogP contribution is -2.59. The number of ether oxygens (including phenoxy) is 1. The van der Waals surface area contributed by atoms with E-state index in [2.05, 4.69) is 22.5 Å². The Morgan fingerprint density at radius 3 is 2.18 bits per heavy atom. The van der Waals surface area contributed by atoms with Gasteiger partial charge in [-0.2, -0.15) is 0 Å². The average Bonchev–Trinajstić information content (AvgIpc) is 3.11. The minimum atomic E-state index is -1.01. The zero-order chi connectivity index (χ0) is 29.5. The maximum absolute atomic E-state index is 13.8. The molecule has 3 N–H and O–H groups in total. The van der Waals surface area contributed by atoms with E-state index in [-0.39, 0.29) is 12.0 Å². The van der Waals surface area contributed by atoms with Crippen LogP contribution < -0.4 is 16.0 Å². The van der Waals surface area contributed by atoms with Crippen molar-refractivity contribution in [3.05, 3.63) is 12.7 Å². The summed E-state index contributed by atoms with van der Waals surface area (Å²) in [5, 5.41) is 7.90. The third-order valence-electron chi connectivity index (χ3n) is 6.19. The predicted octanol–water partition coefficient (Wildman–Crippen LogP) is 3.10. The molecule has 38 heavy (non-hydrogen) atoms. The number of nitrogens with zero attached hydrogens (tertiary/aromatic N) is 1. The van der Waals surface area contributed by atoms with E-state index in [1.807, 2.05) is 41.5 Å². The van der Waals surface area contributed by atoms with Gasteiger partial charge in [-0.3, -0.25) is 19.2 Å². The van der Waals surface area contributed by atoms with Crippen LogP contribution >= 0.6 is 0 Å². The molecule has 0 saturated carbocycles. The zero-order valence-corrected chi connectivity index (χ0v) is 24.7. The lowest BCUT2D eigenvalue weighted by atomic mass is 9.85. The van der Waals surface area contributed by atoms with E-state index in [9.17, 15) is 24.0 Å². The summed E-state index contributed by atoms with van der Waals surface area (Å²) >= 11 is 0. The number of rotatable bonds is 11. The molecule has 10 nitrogen and oxygen atoms in total. The van der Waals surface area contributed by atoms with Gasteiger partial charge in [0, 0.05) is 13.1 Å². The zero-order valence-electron chi connectivity index (χ0n) is 24.7. The molecule has 1 fully saturated rings. The molecule has 1 rings (SSSR count). The Morgan fingerprint density at radius 2 is 1.68 bits per heavy atom. The van der Waals surface area contributed by atoms with E-state index in [0.717, 1.165) is 6.42 Å². The maximum Gasteiger partial charge on any atom is 0.408 e. The van der Waals surface area contributed by atoms with Crippen LogP contribution in [-0.4, -0.2) is 71.3 Å². The highest BCUT2D eigenvalue weighted by atomic mass is 16.6. The summed E-state index contributed by atoms with van der Waals surface area (Å²) in [5.41, 5.74) is -1.80. The second-order valence-electron chi connectivity index (χ2n) is 12.9. The normalized spacial score (nSPS) is 18.7. The summed E-state index contributed by atoms with van der Waals surface area (Å²) in [7, 11) is 0. The Kier molecular flexibility index (Phi) is 11.5. The molecule has 10 heteroatoms. The fraction of sp³-hybridized carbons (Fsp3) is 0.750. The third kappa shape index (κ3) is 10.1. The summed E-state index contributed by atoms with van der Waals surface area (Å²) in [4.78, 5) is 66.6. The summed E-state index contributed by atoms with van der Waals surface area (Å²) < 4.78 is 5.38. The summed E-state index contributed by atoms with van der Waals surface area (Å²) in [6.45, 7) is 20.5. The minimum Gasteiger partial charge on any atom is -0.444 e. The molecule has 0 spiro atoms. The first-order chi connectivity index (χ1) is 17.3. The van der Waals surface area contributed by atoms with Crippen LogP contribution in [0.4, 0.5) is 4.79 Å². The van der Waals surface area contributed by atoms with Crippen LogP contribution in [0.1, 0.15) is 88.0 Å². The number of hydrogen-bond acceptors (Lipinski definition) is 6. The minimum absolute atomic E-state index is 0.136. The molecule has 1 unspecified atom stereocenters. The Hall–Kier alpha value is -2.91. The molecule has 3 atom stereocenters. The van der Waals surface area contributed by atoms with Crippen LogP contribution in [0.2, 0.25) is 0 Å². The number of Topliss-reactive ketones (excluding diaryl/α,β-unsaturated/α-hetero) is 1. The summed E-state index contributed by atoms with van der Waals surface area (Å²) in [6, 6.07) is -2.83. The van der Waals surface area contributed by atoms with Crippen molar-refractivity contribution in [3.63, 3.8) is 0 Å². The quantitative estimate of drug-likeness (QED) is 0.274. The van der Waals surface area contributed by atoms with Gasteiger partial charge in [0.25, 0.3) is 5.91 Å². The highest BCUT2D eigenvalue weighted by molar-refractivity contribution is 6.38. The lowest BCUT2D eigenvalue weighted by molar-refractivity contribution is -0.144. The lowest BCUT2D eigenvalue weighted by Gasteiger charge is -2.36. The number of unbranched alkanes of at least 4 members (excludes halogenated alkanes) is 1. The molecule has 4 amide bonds. The van der Waals surface area contributed by atoms with Crippen molar-refractivity contribution in [1.82, 2.24) is 20.9 Å². The monoisotopic (exact) mass is 536 g/mol. The number of ketones is 1. The van der Waals surface area contributed by atoms with Gasteiger partial charge < -0.3 is 25.6 Å². The van der Waals surface area contributed by atoms with Crippen molar-refractivity contribution >= 4 is 29.6 Å². The van der Waals surface area contributed by atoms with Gasteiger partial charge in [-0.05, 0) is 44.4 Å². The topological polar surface area (TPSA) is 134 Å². The molecule has 0 aromatic carbocycles. The van der Waals surface area contributed by atoms with E-state index >= 15 is 0 Å². The highest BCUT2D eigenvalue weighted by Gasteiger charge is 2.48. The molecule has 0 aliphatic carbocycles. The van der Waals surface area contributed by atoms with Gasteiger partial charge in [-0.15, -0.1) is 6.58 Å². The molecule has 0 bridgehead atoms. The number of alkyl carbamates (subject to hydrolysis) is 1.